The van der Waals surface area contributed by atoms with Gasteiger partial charge in [0.1, 0.15) is 11.8 Å². The van der Waals surface area contributed by atoms with Crippen LogP contribution in [0.15, 0.2) is 29.2 Å². The predicted octanol–water partition coefficient (Wildman–Crippen LogP) is 2.44. The molecule has 2 N–H and O–H groups in total. The summed E-state index contributed by atoms with van der Waals surface area (Å²) >= 11 is 0. The monoisotopic (exact) mass is 465 g/mol. The zero-order valence-corrected chi connectivity index (χ0v) is 19.8. The van der Waals surface area contributed by atoms with E-state index < -0.39 is 22.0 Å². The molecule has 1 heterocycles. The van der Waals surface area contributed by atoms with E-state index in [0.29, 0.717) is 25.1 Å². The largest absolute Gasteiger partial charge is 0.497 e. The van der Waals surface area contributed by atoms with Gasteiger partial charge in [0.2, 0.25) is 21.8 Å². The second-order valence-electron chi connectivity index (χ2n) is 8.81. The number of piperidine rings is 1. The molecule has 8 nitrogen and oxygen atoms in total. The molecule has 1 aromatic rings. The van der Waals surface area contributed by atoms with Gasteiger partial charge in [0.15, 0.2) is 0 Å². The highest BCUT2D eigenvalue weighted by Gasteiger charge is 2.34. The van der Waals surface area contributed by atoms with Gasteiger partial charge >= 0.3 is 0 Å². The standard InChI is InChI=1S/C23H35N3O5S/c1-17(22(27)25-19-9-5-3-4-6-10-19)24-23(28)18-8-7-15-26(16-18)32(29,30)21-13-11-20(31-2)12-14-21/h11-14,17-19H,3-10,15-16H2,1-2H3,(H,24,28)(H,25,27)/t17-,18?/m0/s1. The van der Waals surface area contributed by atoms with Crippen molar-refractivity contribution in [2.24, 2.45) is 5.92 Å². The molecular weight excluding hydrogens is 430 g/mol. The Hall–Kier alpha value is -2.13. The van der Waals surface area contributed by atoms with Crippen LogP contribution in [0.2, 0.25) is 0 Å². The van der Waals surface area contributed by atoms with Crippen molar-refractivity contribution < 1.29 is 22.7 Å². The maximum atomic E-state index is 13.0. The van der Waals surface area contributed by atoms with Gasteiger partial charge in [-0.2, -0.15) is 4.31 Å². The summed E-state index contributed by atoms with van der Waals surface area (Å²) < 4.78 is 32.5. The molecule has 178 valence electrons. The third-order valence-electron chi connectivity index (χ3n) is 6.41. The number of nitrogens with one attached hydrogen (secondary N) is 2. The van der Waals surface area contributed by atoms with Crippen LogP contribution < -0.4 is 15.4 Å². The second kappa shape index (κ2) is 11.1. The van der Waals surface area contributed by atoms with E-state index in [9.17, 15) is 18.0 Å². The third kappa shape index (κ3) is 6.22. The Balaban J connectivity index is 1.56. The number of hydrogen-bond donors (Lipinski definition) is 2. The van der Waals surface area contributed by atoms with Gasteiger partial charge in [-0.25, -0.2) is 8.42 Å². The van der Waals surface area contributed by atoms with Crippen LogP contribution in [0.25, 0.3) is 0 Å². The second-order valence-corrected chi connectivity index (χ2v) is 10.7. The number of ether oxygens (including phenoxy) is 1. The van der Waals surface area contributed by atoms with Crippen molar-refractivity contribution in [3.05, 3.63) is 24.3 Å². The van der Waals surface area contributed by atoms with Crippen LogP contribution in [0.1, 0.15) is 58.3 Å². The van der Waals surface area contributed by atoms with Gasteiger partial charge in [-0.3, -0.25) is 9.59 Å². The van der Waals surface area contributed by atoms with Gasteiger partial charge in [-0.1, -0.05) is 25.7 Å². The van der Waals surface area contributed by atoms with Crippen molar-refractivity contribution in [3.8, 4) is 5.75 Å². The Bertz CT molecular complexity index is 879. The predicted molar refractivity (Wildman–Crippen MR) is 122 cm³/mol. The molecule has 2 fully saturated rings. The fraction of sp³-hybridized carbons (Fsp3) is 0.652. The van der Waals surface area contributed by atoms with Crippen molar-refractivity contribution >= 4 is 21.8 Å². The summed E-state index contributed by atoms with van der Waals surface area (Å²) in [6, 6.07) is 5.75. The number of nitrogens with zero attached hydrogens (tertiary/aromatic N) is 1. The Kier molecular flexibility index (Phi) is 8.53. The minimum Gasteiger partial charge on any atom is -0.497 e. The normalized spacial score (nSPS) is 21.9. The van der Waals surface area contributed by atoms with Gasteiger partial charge in [-0.15, -0.1) is 0 Å². The van der Waals surface area contributed by atoms with Crippen LogP contribution in [0.3, 0.4) is 0 Å². The first kappa shape index (κ1) is 24.5. The van der Waals surface area contributed by atoms with Gasteiger partial charge in [0.25, 0.3) is 0 Å². The number of rotatable bonds is 7. The highest BCUT2D eigenvalue weighted by molar-refractivity contribution is 7.89. The molecule has 1 aliphatic heterocycles. The zero-order valence-electron chi connectivity index (χ0n) is 19.0. The van der Waals surface area contributed by atoms with Crippen LogP contribution in [0.5, 0.6) is 5.75 Å². The van der Waals surface area contributed by atoms with E-state index in [1.807, 2.05) is 0 Å². The quantitative estimate of drug-likeness (QED) is 0.602. The number of benzene rings is 1. The van der Waals surface area contributed by atoms with Crippen LogP contribution in [0, 0.1) is 5.92 Å². The molecule has 2 amide bonds. The molecule has 9 heteroatoms. The lowest BCUT2D eigenvalue weighted by molar-refractivity contribution is -0.131. The average Bonchev–Trinajstić information content (AvgIpc) is 3.07. The number of sulfonamides is 1. The van der Waals surface area contributed by atoms with Crippen molar-refractivity contribution in [2.75, 3.05) is 20.2 Å². The average molecular weight is 466 g/mol. The molecule has 1 aliphatic carbocycles. The van der Waals surface area contributed by atoms with Crippen LogP contribution in [0.4, 0.5) is 0 Å². The lowest BCUT2D eigenvalue weighted by Gasteiger charge is -2.32. The topological polar surface area (TPSA) is 105 Å². The molecule has 1 saturated carbocycles. The lowest BCUT2D eigenvalue weighted by atomic mass is 9.98. The maximum absolute atomic E-state index is 13.0. The lowest BCUT2D eigenvalue weighted by Crippen LogP contribution is -2.52. The van der Waals surface area contributed by atoms with Crippen LogP contribution >= 0.6 is 0 Å². The van der Waals surface area contributed by atoms with E-state index in [-0.39, 0.29) is 29.3 Å². The smallest absolute Gasteiger partial charge is 0.243 e. The van der Waals surface area contributed by atoms with E-state index in [4.69, 9.17) is 4.74 Å². The molecule has 3 rings (SSSR count). The highest BCUT2D eigenvalue weighted by atomic mass is 32.2. The first-order chi connectivity index (χ1) is 15.3. The molecule has 0 bridgehead atoms. The zero-order chi connectivity index (χ0) is 23.1. The van der Waals surface area contributed by atoms with Gasteiger partial charge in [0.05, 0.1) is 17.9 Å². The molecule has 32 heavy (non-hydrogen) atoms. The number of amides is 2. The summed E-state index contributed by atoms with van der Waals surface area (Å²) in [6.45, 7) is 2.16. The minimum atomic E-state index is -3.70. The highest BCUT2D eigenvalue weighted by Crippen LogP contribution is 2.25. The first-order valence-electron chi connectivity index (χ1n) is 11.6. The molecule has 1 unspecified atom stereocenters. The maximum Gasteiger partial charge on any atom is 0.243 e. The minimum absolute atomic E-state index is 0.108. The molecule has 1 aromatic carbocycles. The molecule has 0 spiro atoms. The summed E-state index contributed by atoms with van der Waals surface area (Å²) in [7, 11) is -2.18. The van der Waals surface area contributed by atoms with E-state index >= 15 is 0 Å². The van der Waals surface area contributed by atoms with Crippen molar-refractivity contribution in [2.45, 2.75) is 75.3 Å². The molecule has 0 radical (unpaired) electrons. The van der Waals surface area contributed by atoms with E-state index in [1.165, 1.54) is 36.4 Å². The molecule has 2 aliphatic rings. The Labute approximate surface area is 191 Å². The molecule has 1 saturated heterocycles. The Morgan fingerprint density at radius 1 is 1.03 bits per heavy atom. The number of methoxy groups -OCH3 is 1. The molecular formula is C23H35N3O5S. The number of carbonyl (C=O) groups is 2. The van der Waals surface area contributed by atoms with Gasteiger partial charge in [0, 0.05) is 19.1 Å². The Morgan fingerprint density at radius 2 is 1.69 bits per heavy atom. The van der Waals surface area contributed by atoms with Crippen molar-refractivity contribution in [1.29, 1.82) is 0 Å². The SMILES string of the molecule is COc1ccc(S(=O)(=O)N2CCCC(C(=O)N[C@@H](C)C(=O)NC3CCCCCC3)C2)cc1. The van der Waals surface area contributed by atoms with Crippen LogP contribution in [-0.2, 0) is 19.6 Å². The fourth-order valence-electron chi connectivity index (χ4n) is 4.42. The van der Waals surface area contributed by atoms with Crippen LogP contribution in [-0.4, -0.2) is 56.8 Å². The summed E-state index contributed by atoms with van der Waals surface area (Å²) in [5, 5.41) is 5.85. The summed E-state index contributed by atoms with van der Waals surface area (Å²) in [6.07, 6.45) is 7.79. The van der Waals surface area contributed by atoms with E-state index in [0.717, 1.165) is 25.7 Å². The Morgan fingerprint density at radius 3 is 2.31 bits per heavy atom. The van der Waals surface area contributed by atoms with Gasteiger partial charge in [-0.05, 0) is 56.9 Å². The molecule has 2 atom stereocenters. The summed E-state index contributed by atoms with van der Waals surface area (Å²) in [5.41, 5.74) is 0. The number of carbonyl (C=O) groups excluding carboxylic acids is 2. The fourth-order valence-corrected chi connectivity index (χ4v) is 5.94. The van der Waals surface area contributed by atoms with Crippen molar-refractivity contribution in [1.82, 2.24) is 14.9 Å². The first-order valence-corrected chi connectivity index (χ1v) is 13.0. The summed E-state index contributed by atoms with van der Waals surface area (Å²) in [4.78, 5) is 25.6. The van der Waals surface area contributed by atoms with E-state index in [2.05, 4.69) is 10.6 Å². The van der Waals surface area contributed by atoms with Crippen molar-refractivity contribution in [3.63, 3.8) is 0 Å². The van der Waals surface area contributed by atoms with Gasteiger partial charge < -0.3 is 15.4 Å². The molecule has 0 aromatic heterocycles. The third-order valence-corrected chi connectivity index (χ3v) is 8.29. The number of hydrogen-bond acceptors (Lipinski definition) is 5. The summed E-state index contributed by atoms with van der Waals surface area (Å²) in [5.74, 6) is -0.354. The van der Waals surface area contributed by atoms with E-state index in [1.54, 1.807) is 19.1 Å².